The molecule has 3 atom stereocenters. The Morgan fingerprint density at radius 1 is 1.25 bits per heavy atom. The number of Topliss-reactive ketones (excluding diaryl/α,β-unsaturated/α-hetero) is 1. The normalized spacial score (nSPS) is 31.1. The van der Waals surface area contributed by atoms with Gasteiger partial charge < -0.3 is 9.84 Å². The van der Waals surface area contributed by atoms with Crippen molar-refractivity contribution in [3.05, 3.63) is 35.4 Å². The summed E-state index contributed by atoms with van der Waals surface area (Å²) in [5, 5.41) is 10.7. The minimum absolute atomic E-state index is 0.0842. The van der Waals surface area contributed by atoms with E-state index >= 15 is 0 Å². The quantitative estimate of drug-likeness (QED) is 0.751. The van der Waals surface area contributed by atoms with Gasteiger partial charge >= 0.3 is 0 Å². The number of phenolic OH excluding ortho intramolecular Hbond substituents is 1. The molecule has 0 bridgehead atoms. The zero-order chi connectivity index (χ0) is 16.9. The van der Waals surface area contributed by atoms with Crippen LogP contribution in [0, 0.1) is 5.92 Å². The fourth-order valence-electron chi connectivity index (χ4n) is 4.90. The highest BCUT2D eigenvalue weighted by Gasteiger charge is 2.47. The van der Waals surface area contributed by atoms with Gasteiger partial charge in [-0.2, -0.15) is 0 Å². The summed E-state index contributed by atoms with van der Waals surface area (Å²) in [6.07, 6.45) is 9.92. The molecule has 128 valence electrons. The summed E-state index contributed by atoms with van der Waals surface area (Å²) < 4.78 is 6.34. The lowest BCUT2D eigenvalue weighted by Crippen LogP contribution is -2.47. The SMILES string of the molecule is CC1(C)Oc2cc(C3C=CCCC3)cc(O)c2[C@@H]2CC(=O)CC[C@@H]21. The molecule has 3 heteroatoms. The fourth-order valence-corrected chi connectivity index (χ4v) is 4.90. The largest absolute Gasteiger partial charge is 0.508 e. The second-order valence-electron chi connectivity index (χ2n) is 8.12. The molecule has 1 N–H and O–H groups in total. The lowest BCUT2D eigenvalue weighted by molar-refractivity contribution is -0.124. The predicted molar refractivity (Wildman–Crippen MR) is 93.6 cm³/mol. The van der Waals surface area contributed by atoms with E-state index in [1.807, 2.05) is 6.07 Å². The Morgan fingerprint density at radius 2 is 2.08 bits per heavy atom. The zero-order valence-corrected chi connectivity index (χ0v) is 14.5. The van der Waals surface area contributed by atoms with E-state index in [2.05, 4.69) is 32.1 Å². The summed E-state index contributed by atoms with van der Waals surface area (Å²) in [6, 6.07) is 4.00. The van der Waals surface area contributed by atoms with Crippen LogP contribution in [0.4, 0.5) is 0 Å². The summed E-state index contributed by atoms with van der Waals surface area (Å²) in [5.74, 6) is 2.12. The number of allylic oxidation sites excluding steroid dienone is 2. The molecule has 0 amide bonds. The van der Waals surface area contributed by atoms with Crippen LogP contribution in [0.3, 0.4) is 0 Å². The standard InChI is InChI=1S/C21H26O3/c1-21(2)17-9-8-15(22)12-16(17)20-18(23)10-14(11-19(20)24-21)13-6-4-3-5-7-13/h4,6,10-11,13,16-17,23H,3,5,7-9,12H2,1-2H3/t13?,16-,17+/m1/s1. The first-order valence-corrected chi connectivity index (χ1v) is 9.20. The topological polar surface area (TPSA) is 46.5 Å². The third-order valence-corrected chi connectivity index (χ3v) is 6.13. The van der Waals surface area contributed by atoms with Crippen LogP contribution in [0.25, 0.3) is 0 Å². The maximum atomic E-state index is 12.0. The molecule has 1 aromatic rings. The van der Waals surface area contributed by atoms with Gasteiger partial charge in [-0.1, -0.05) is 12.2 Å². The molecule has 1 aliphatic heterocycles. The van der Waals surface area contributed by atoms with E-state index in [-0.39, 0.29) is 17.4 Å². The van der Waals surface area contributed by atoms with E-state index in [9.17, 15) is 9.90 Å². The van der Waals surface area contributed by atoms with E-state index in [0.29, 0.717) is 30.3 Å². The van der Waals surface area contributed by atoms with E-state index in [1.54, 1.807) is 0 Å². The molecule has 2 aliphatic carbocycles. The maximum absolute atomic E-state index is 12.0. The Kier molecular flexibility index (Phi) is 3.70. The second-order valence-corrected chi connectivity index (χ2v) is 8.12. The van der Waals surface area contributed by atoms with Gasteiger partial charge in [-0.3, -0.25) is 4.79 Å². The molecule has 4 rings (SSSR count). The number of aromatic hydroxyl groups is 1. The molecule has 1 aromatic carbocycles. The minimum atomic E-state index is -0.300. The van der Waals surface area contributed by atoms with Gasteiger partial charge in [-0.25, -0.2) is 0 Å². The van der Waals surface area contributed by atoms with E-state index < -0.39 is 0 Å². The van der Waals surface area contributed by atoms with Crippen LogP contribution in [-0.2, 0) is 4.79 Å². The molecule has 1 heterocycles. The highest BCUT2D eigenvalue weighted by atomic mass is 16.5. The van der Waals surface area contributed by atoms with Crippen LogP contribution >= 0.6 is 0 Å². The van der Waals surface area contributed by atoms with Crippen molar-refractivity contribution < 1.29 is 14.6 Å². The van der Waals surface area contributed by atoms with Crippen molar-refractivity contribution >= 4 is 5.78 Å². The Labute approximate surface area is 143 Å². The number of phenols is 1. The zero-order valence-electron chi connectivity index (χ0n) is 14.5. The molecule has 0 saturated heterocycles. The van der Waals surface area contributed by atoms with Crippen LogP contribution in [0.15, 0.2) is 24.3 Å². The second kappa shape index (κ2) is 5.65. The molecule has 3 aliphatic rings. The average Bonchev–Trinajstić information content (AvgIpc) is 2.54. The van der Waals surface area contributed by atoms with Gasteiger partial charge in [0, 0.05) is 36.2 Å². The van der Waals surface area contributed by atoms with Gasteiger partial charge in [0.1, 0.15) is 22.9 Å². The maximum Gasteiger partial charge on any atom is 0.133 e. The van der Waals surface area contributed by atoms with E-state index in [4.69, 9.17) is 4.74 Å². The van der Waals surface area contributed by atoms with Crippen molar-refractivity contribution in [2.75, 3.05) is 0 Å². The molecule has 1 fully saturated rings. The number of rotatable bonds is 1. The molecule has 0 spiro atoms. The van der Waals surface area contributed by atoms with Gasteiger partial charge in [0.05, 0.1) is 0 Å². The molecule has 0 aromatic heterocycles. The van der Waals surface area contributed by atoms with Crippen LogP contribution in [-0.4, -0.2) is 16.5 Å². The Balaban J connectivity index is 1.78. The number of carbonyl (C=O) groups is 1. The van der Waals surface area contributed by atoms with Gasteiger partial charge in [0.2, 0.25) is 0 Å². The molecular formula is C21H26O3. The van der Waals surface area contributed by atoms with Gasteiger partial charge in [-0.15, -0.1) is 0 Å². The van der Waals surface area contributed by atoms with Gasteiger partial charge in [-0.05, 0) is 57.2 Å². The third-order valence-electron chi connectivity index (χ3n) is 6.13. The number of benzene rings is 1. The smallest absolute Gasteiger partial charge is 0.133 e. The highest BCUT2D eigenvalue weighted by molar-refractivity contribution is 5.81. The van der Waals surface area contributed by atoms with Crippen molar-refractivity contribution in [1.29, 1.82) is 0 Å². The average molecular weight is 326 g/mol. The predicted octanol–water partition coefficient (Wildman–Crippen LogP) is 4.84. The lowest BCUT2D eigenvalue weighted by Gasteiger charge is -2.47. The summed E-state index contributed by atoms with van der Waals surface area (Å²) >= 11 is 0. The molecule has 1 saturated carbocycles. The number of hydrogen-bond acceptors (Lipinski definition) is 3. The van der Waals surface area contributed by atoms with E-state index in [0.717, 1.165) is 36.1 Å². The monoisotopic (exact) mass is 326 g/mol. The van der Waals surface area contributed by atoms with Crippen molar-refractivity contribution in [3.8, 4) is 11.5 Å². The number of hydrogen-bond donors (Lipinski definition) is 1. The Morgan fingerprint density at radius 3 is 2.83 bits per heavy atom. The first kappa shape index (κ1) is 15.7. The molecule has 1 unspecified atom stereocenters. The first-order valence-electron chi connectivity index (χ1n) is 9.20. The first-order chi connectivity index (χ1) is 11.5. The molecule has 3 nitrogen and oxygen atoms in total. The summed E-state index contributed by atoms with van der Waals surface area (Å²) in [7, 11) is 0. The molecule has 24 heavy (non-hydrogen) atoms. The highest BCUT2D eigenvalue weighted by Crippen LogP contribution is 2.54. The summed E-state index contributed by atoms with van der Waals surface area (Å²) in [4.78, 5) is 12.0. The fraction of sp³-hybridized carbons (Fsp3) is 0.571. The van der Waals surface area contributed by atoms with Gasteiger partial charge in [0.15, 0.2) is 0 Å². The van der Waals surface area contributed by atoms with Crippen LogP contribution in [0.1, 0.15) is 75.3 Å². The summed E-state index contributed by atoms with van der Waals surface area (Å²) in [6.45, 7) is 4.24. The van der Waals surface area contributed by atoms with Crippen LogP contribution in [0.2, 0.25) is 0 Å². The Bertz CT molecular complexity index is 701. The molecule has 0 radical (unpaired) electrons. The van der Waals surface area contributed by atoms with E-state index in [1.165, 1.54) is 6.42 Å². The number of ether oxygens (including phenoxy) is 1. The number of fused-ring (bicyclic) bond motifs is 3. The van der Waals surface area contributed by atoms with Crippen LogP contribution < -0.4 is 4.74 Å². The van der Waals surface area contributed by atoms with Crippen molar-refractivity contribution in [1.82, 2.24) is 0 Å². The number of ketones is 1. The van der Waals surface area contributed by atoms with Crippen molar-refractivity contribution in [3.63, 3.8) is 0 Å². The Hall–Kier alpha value is -1.77. The molecular weight excluding hydrogens is 300 g/mol. The summed E-state index contributed by atoms with van der Waals surface area (Å²) in [5.41, 5.74) is 1.68. The van der Waals surface area contributed by atoms with Crippen LogP contribution in [0.5, 0.6) is 11.5 Å². The van der Waals surface area contributed by atoms with Crippen molar-refractivity contribution in [2.24, 2.45) is 5.92 Å². The number of carbonyl (C=O) groups excluding carboxylic acids is 1. The van der Waals surface area contributed by atoms with Crippen molar-refractivity contribution in [2.45, 2.75) is 69.8 Å². The van der Waals surface area contributed by atoms with Gasteiger partial charge in [0.25, 0.3) is 0 Å². The third kappa shape index (κ3) is 2.54. The lowest BCUT2D eigenvalue weighted by atomic mass is 9.66. The minimum Gasteiger partial charge on any atom is -0.508 e.